The maximum Gasteiger partial charge on any atom is 0.123 e. The topological polar surface area (TPSA) is 38.5 Å². The van der Waals surface area contributed by atoms with E-state index in [4.69, 9.17) is 10.5 Å². The van der Waals surface area contributed by atoms with E-state index in [1.165, 1.54) is 5.56 Å². The highest BCUT2D eigenvalue weighted by molar-refractivity contribution is 7.98. The summed E-state index contributed by atoms with van der Waals surface area (Å²) < 4.78 is 5.34. The SMILES string of the molecule is COc1cc(CN(C)CCSC)ccc1CN. The largest absolute Gasteiger partial charge is 0.496 e. The molecule has 4 heteroatoms. The van der Waals surface area contributed by atoms with Crippen LogP contribution in [0.4, 0.5) is 0 Å². The van der Waals surface area contributed by atoms with E-state index >= 15 is 0 Å². The molecular weight excluding hydrogens is 232 g/mol. The van der Waals surface area contributed by atoms with Crippen LogP contribution in [0.2, 0.25) is 0 Å². The van der Waals surface area contributed by atoms with Gasteiger partial charge >= 0.3 is 0 Å². The van der Waals surface area contributed by atoms with E-state index in [1.807, 2.05) is 11.8 Å². The third-order valence-electron chi connectivity index (χ3n) is 2.70. The van der Waals surface area contributed by atoms with Gasteiger partial charge in [-0.05, 0) is 24.9 Å². The van der Waals surface area contributed by atoms with Gasteiger partial charge in [-0.1, -0.05) is 12.1 Å². The van der Waals surface area contributed by atoms with Crippen molar-refractivity contribution in [1.29, 1.82) is 0 Å². The Hall–Kier alpha value is -0.710. The van der Waals surface area contributed by atoms with Gasteiger partial charge in [-0.15, -0.1) is 0 Å². The van der Waals surface area contributed by atoms with Gasteiger partial charge < -0.3 is 15.4 Å². The lowest BCUT2D eigenvalue weighted by Gasteiger charge is -2.17. The zero-order valence-corrected chi connectivity index (χ0v) is 11.7. The molecule has 0 spiro atoms. The number of methoxy groups -OCH3 is 1. The van der Waals surface area contributed by atoms with Crippen LogP contribution in [-0.2, 0) is 13.1 Å². The van der Waals surface area contributed by atoms with Crippen molar-refractivity contribution >= 4 is 11.8 Å². The van der Waals surface area contributed by atoms with Gasteiger partial charge in [0.1, 0.15) is 5.75 Å². The second kappa shape index (κ2) is 7.58. The second-order valence-electron chi connectivity index (χ2n) is 4.08. The number of rotatable bonds is 7. The van der Waals surface area contributed by atoms with Crippen molar-refractivity contribution in [1.82, 2.24) is 4.90 Å². The zero-order valence-electron chi connectivity index (χ0n) is 10.9. The summed E-state index contributed by atoms with van der Waals surface area (Å²) in [4.78, 5) is 2.31. The molecule has 2 N–H and O–H groups in total. The standard InChI is InChI=1S/C13H22N2OS/c1-15(6-7-17-3)10-11-4-5-12(9-14)13(8-11)16-2/h4-5,8H,6-7,9-10,14H2,1-3H3. The number of nitrogens with zero attached hydrogens (tertiary/aromatic N) is 1. The summed E-state index contributed by atoms with van der Waals surface area (Å²) in [6.07, 6.45) is 2.13. The van der Waals surface area contributed by atoms with E-state index in [9.17, 15) is 0 Å². The number of nitrogens with two attached hydrogens (primary N) is 1. The quantitative estimate of drug-likeness (QED) is 0.807. The number of hydrogen-bond acceptors (Lipinski definition) is 4. The van der Waals surface area contributed by atoms with Crippen molar-refractivity contribution in [3.05, 3.63) is 29.3 Å². The van der Waals surface area contributed by atoms with E-state index in [2.05, 4.69) is 36.4 Å². The van der Waals surface area contributed by atoms with Gasteiger partial charge in [0, 0.05) is 31.0 Å². The van der Waals surface area contributed by atoms with Crippen molar-refractivity contribution in [3.63, 3.8) is 0 Å². The molecule has 0 amide bonds. The van der Waals surface area contributed by atoms with Gasteiger partial charge in [0.15, 0.2) is 0 Å². The lowest BCUT2D eigenvalue weighted by molar-refractivity contribution is 0.347. The molecule has 0 heterocycles. The Bertz CT molecular complexity index is 344. The first kappa shape index (κ1) is 14.4. The average Bonchev–Trinajstić information content (AvgIpc) is 2.36. The molecule has 3 nitrogen and oxygen atoms in total. The molecule has 0 saturated carbocycles. The van der Waals surface area contributed by atoms with E-state index in [0.717, 1.165) is 30.2 Å². The third-order valence-corrected chi connectivity index (χ3v) is 3.29. The van der Waals surface area contributed by atoms with Crippen molar-refractivity contribution in [2.75, 3.05) is 32.7 Å². The molecule has 1 aromatic carbocycles. The predicted molar refractivity (Wildman–Crippen MR) is 75.6 cm³/mol. The number of ether oxygens (including phenoxy) is 1. The summed E-state index contributed by atoms with van der Waals surface area (Å²) in [7, 11) is 3.83. The van der Waals surface area contributed by atoms with E-state index < -0.39 is 0 Å². The molecular formula is C13H22N2OS. The highest BCUT2D eigenvalue weighted by Gasteiger charge is 2.05. The molecule has 0 aromatic heterocycles. The molecule has 0 aliphatic rings. The van der Waals surface area contributed by atoms with Crippen LogP contribution in [0.5, 0.6) is 5.75 Å². The molecule has 0 atom stereocenters. The summed E-state index contributed by atoms with van der Waals surface area (Å²) in [5.41, 5.74) is 7.97. The Morgan fingerprint density at radius 1 is 1.41 bits per heavy atom. The molecule has 1 rings (SSSR count). The fourth-order valence-electron chi connectivity index (χ4n) is 1.69. The van der Waals surface area contributed by atoms with Crippen LogP contribution in [-0.4, -0.2) is 37.6 Å². The molecule has 0 unspecified atom stereocenters. The minimum absolute atomic E-state index is 0.520. The molecule has 0 aliphatic heterocycles. The second-order valence-corrected chi connectivity index (χ2v) is 5.07. The monoisotopic (exact) mass is 254 g/mol. The van der Waals surface area contributed by atoms with Crippen molar-refractivity contribution < 1.29 is 4.74 Å². The number of benzene rings is 1. The van der Waals surface area contributed by atoms with Gasteiger partial charge in [-0.3, -0.25) is 0 Å². The Kier molecular flexibility index (Phi) is 6.40. The summed E-state index contributed by atoms with van der Waals surface area (Å²) in [5.74, 6) is 2.05. The fraction of sp³-hybridized carbons (Fsp3) is 0.538. The first-order chi connectivity index (χ1) is 8.21. The minimum atomic E-state index is 0.520. The summed E-state index contributed by atoms with van der Waals surface area (Å²) in [5, 5.41) is 0. The van der Waals surface area contributed by atoms with Crippen molar-refractivity contribution in [2.24, 2.45) is 5.73 Å². The Balaban J connectivity index is 2.65. The number of hydrogen-bond donors (Lipinski definition) is 1. The molecule has 0 bridgehead atoms. The van der Waals surface area contributed by atoms with E-state index in [-0.39, 0.29) is 0 Å². The number of thioether (sulfide) groups is 1. The average molecular weight is 254 g/mol. The molecule has 0 aliphatic carbocycles. The van der Waals surface area contributed by atoms with Gasteiger partial charge in [-0.2, -0.15) is 11.8 Å². The Morgan fingerprint density at radius 2 is 2.18 bits per heavy atom. The van der Waals surface area contributed by atoms with Crippen molar-refractivity contribution in [2.45, 2.75) is 13.1 Å². The highest BCUT2D eigenvalue weighted by Crippen LogP contribution is 2.20. The maximum absolute atomic E-state index is 5.65. The molecule has 17 heavy (non-hydrogen) atoms. The van der Waals surface area contributed by atoms with Crippen LogP contribution in [0.3, 0.4) is 0 Å². The van der Waals surface area contributed by atoms with E-state index in [0.29, 0.717) is 6.54 Å². The molecule has 0 saturated heterocycles. The highest BCUT2D eigenvalue weighted by atomic mass is 32.2. The fourth-order valence-corrected chi connectivity index (χ4v) is 2.19. The van der Waals surface area contributed by atoms with Crippen LogP contribution >= 0.6 is 11.8 Å². The van der Waals surface area contributed by atoms with Crippen LogP contribution in [0.25, 0.3) is 0 Å². The molecule has 96 valence electrons. The van der Waals surface area contributed by atoms with Crippen LogP contribution in [0.15, 0.2) is 18.2 Å². The first-order valence-corrected chi connectivity index (χ1v) is 7.14. The summed E-state index contributed by atoms with van der Waals surface area (Å²) >= 11 is 1.87. The molecule has 0 radical (unpaired) electrons. The van der Waals surface area contributed by atoms with Gasteiger partial charge in [-0.25, -0.2) is 0 Å². The van der Waals surface area contributed by atoms with Gasteiger partial charge in [0.05, 0.1) is 7.11 Å². The van der Waals surface area contributed by atoms with Gasteiger partial charge in [0.25, 0.3) is 0 Å². The third kappa shape index (κ3) is 4.58. The van der Waals surface area contributed by atoms with Crippen LogP contribution in [0.1, 0.15) is 11.1 Å². The van der Waals surface area contributed by atoms with Crippen LogP contribution < -0.4 is 10.5 Å². The van der Waals surface area contributed by atoms with Gasteiger partial charge in [0.2, 0.25) is 0 Å². The van der Waals surface area contributed by atoms with Crippen molar-refractivity contribution in [3.8, 4) is 5.75 Å². The Labute approximate surface area is 108 Å². The minimum Gasteiger partial charge on any atom is -0.496 e. The zero-order chi connectivity index (χ0) is 12.7. The smallest absolute Gasteiger partial charge is 0.123 e. The molecule has 0 fully saturated rings. The van der Waals surface area contributed by atoms with E-state index in [1.54, 1.807) is 7.11 Å². The first-order valence-electron chi connectivity index (χ1n) is 5.74. The summed E-state index contributed by atoms with van der Waals surface area (Å²) in [6.45, 7) is 2.57. The predicted octanol–water partition coefficient (Wildman–Crippen LogP) is 1.95. The van der Waals surface area contributed by atoms with Crippen LogP contribution in [0, 0.1) is 0 Å². The normalized spacial score (nSPS) is 10.9. The maximum atomic E-state index is 5.65. The summed E-state index contributed by atoms with van der Waals surface area (Å²) in [6, 6.07) is 6.26. The molecule has 1 aromatic rings. The lowest BCUT2D eigenvalue weighted by atomic mass is 10.1. The lowest BCUT2D eigenvalue weighted by Crippen LogP contribution is -2.20. The Morgan fingerprint density at radius 3 is 2.76 bits per heavy atom.